The van der Waals surface area contributed by atoms with Gasteiger partial charge in [-0.05, 0) is 77.0 Å². The Bertz CT molecular complexity index is 1250. The van der Waals surface area contributed by atoms with Gasteiger partial charge < -0.3 is 14.2 Å². The molecule has 0 rings (SSSR count). The van der Waals surface area contributed by atoms with Crippen LogP contribution in [0.15, 0.2) is 36.5 Å². The maximum atomic E-state index is 12.9. The van der Waals surface area contributed by atoms with Gasteiger partial charge >= 0.3 is 17.9 Å². The van der Waals surface area contributed by atoms with Crippen LogP contribution in [0.1, 0.15) is 367 Å². The fourth-order valence-electron chi connectivity index (χ4n) is 10.1. The van der Waals surface area contributed by atoms with Gasteiger partial charge in [-0.3, -0.25) is 14.4 Å². The molecule has 0 amide bonds. The lowest BCUT2D eigenvalue weighted by Crippen LogP contribution is -2.30. The van der Waals surface area contributed by atoms with Gasteiger partial charge in [-0.25, -0.2) is 0 Å². The molecule has 1 atom stereocenters. The van der Waals surface area contributed by atoms with Crippen molar-refractivity contribution in [3.8, 4) is 0 Å². The van der Waals surface area contributed by atoms with E-state index in [9.17, 15) is 14.4 Å². The van der Waals surface area contributed by atoms with Gasteiger partial charge in [0.05, 0.1) is 0 Å². The fourth-order valence-corrected chi connectivity index (χ4v) is 10.1. The molecule has 0 aromatic carbocycles. The zero-order valence-corrected chi connectivity index (χ0v) is 50.6. The molecule has 1 unspecified atom stereocenters. The lowest BCUT2D eigenvalue weighted by Gasteiger charge is -2.18. The third-order valence-corrected chi connectivity index (χ3v) is 15.1. The molecule has 0 radical (unpaired) electrons. The number of esters is 3. The Morgan fingerprint density at radius 2 is 0.480 bits per heavy atom. The summed E-state index contributed by atoms with van der Waals surface area (Å²) in [5.74, 6) is -0.865. The highest BCUT2D eigenvalue weighted by atomic mass is 16.6. The number of allylic oxidation sites excluding steroid dienone is 6. The number of hydrogen-bond acceptors (Lipinski definition) is 6. The van der Waals surface area contributed by atoms with E-state index < -0.39 is 6.10 Å². The third-order valence-electron chi connectivity index (χ3n) is 15.1. The quantitative estimate of drug-likeness (QED) is 0.0261. The van der Waals surface area contributed by atoms with Crippen LogP contribution in [0.5, 0.6) is 0 Å². The first-order valence-corrected chi connectivity index (χ1v) is 33.5. The van der Waals surface area contributed by atoms with Crippen molar-refractivity contribution in [3.05, 3.63) is 36.5 Å². The van der Waals surface area contributed by atoms with E-state index in [2.05, 4.69) is 57.2 Å². The summed E-state index contributed by atoms with van der Waals surface area (Å²) in [6.07, 6.45) is 78.9. The van der Waals surface area contributed by atoms with Crippen LogP contribution in [-0.2, 0) is 28.6 Å². The van der Waals surface area contributed by atoms with Crippen LogP contribution < -0.4 is 0 Å². The second kappa shape index (κ2) is 64.2. The van der Waals surface area contributed by atoms with E-state index in [0.29, 0.717) is 19.3 Å². The number of carbonyl (C=O) groups excluding carboxylic acids is 3. The number of ether oxygens (including phenoxy) is 3. The average molecular weight is 1050 g/mol. The van der Waals surface area contributed by atoms with Crippen LogP contribution in [0.4, 0.5) is 0 Å². The highest BCUT2D eigenvalue weighted by Gasteiger charge is 2.19. The van der Waals surface area contributed by atoms with Crippen molar-refractivity contribution in [1.82, 2.24) is 0 Å². The van der Waals surface area contributed by atoms with Crippen molar-refractivity contribution in [2.75, 3.05) is 13.2 Å². The Morgan fingerprint density at radius 1 is 0.267 bits per heavy atom. The highest BCUT2D eigenvalue weighted by Crippen LogP contribution is 2.18. The van der Waals surface area contributed by atoms with Crippen LogP contribution in [-0.4, -0.2) is 37.2 Å². The van der Waals surface area contributed by atoms with Crippen LogP contribution in [0.25, 0.3) is 0 Å². The van der Waals surface area contributed by atoms with Crippen LogP contribution in [0.2, 0.25) is 0 Å². The van der Waals surface area contributed by atoms with Crippen LogP contribution in [0, 0.1) is 0 Å². The lowest BCUT2D eigenvalue weighted by atomic mass is 10.0. The standard InChI is InChI=1S/C69H128O6/c1-4-7-10-13-16-19-22-24-26-27-28-29-30-31-32-33-34-35-36-37-38-39-40-41-43-44-47-50-53-56-59-62-68(71)74-65-66(64-73-67(70)61-58-55-52-49-46-21-18-15-12-9-6-3)75-69(72)63-60-57-54-51-48-45-42-25-23-20-17-14-11-8-5-2/h17,20,25,27-28,42,66H,4-16,18-19,21-24,26,29-41,43-65H2,1-3H3/b20-17-,28-27-,42-25-. The highest BCUT2D eigenvalue weighted by molar-refractivity contribution is 5.71. The predicted molar refractivity (Wildman–Crippen MR) is 326 cm³/mol. The summed E-state index contributed by atoms with van der Waals surface area (Å²) in [5.41, 5.74) is 0. The fraction of sp³-hybridized carbons (Fsp3) is 0.870. The average Bonchev–Trinajstić information content (AvgIpc) is 3.41. The second-order valence-electron chi connectivity index (χ2n) is 22.7. The molecule has 0 aliphatic heterocycles. The predicted octanol–water partition coefficient (Wildman–Crippen LogP) is 22.8. The third kappa shape index (κ3) is 62.4. The van der Waals surface area contributed by atoms with Crippen LogP contribution in [0.3, 0.4) is 0 Å². The van der Waals surface area contributed by atoms with E-state index in [0.717, 1.165) is 83.5 Å². The smallest absolute Gasteiger partial charge is 0.306 e. The minimum Gasteiger partial charge on any atom is -0.462 e. The van der Waals surface area contributed by atoms with E-state index in [1.54, 1.807) is 0 Å². The van der Waals surface area contributed by atoms with Crippen molar-refractivity contribution in [3.63, 3.8) is 0 Å². The number of carbonyl (C=O) groups is 3. The van der Waals surface area contributed by atoms with Gasteiger partial charge in [-0.15, -0.1) is 0 Å². The van der Waals surface area contributed by atoms with Gasteiger partial charge in [0, 0.05) is 19.3 Å². The van der Waals surface area contributed by atoms with Gasteiger partial charge in [0.2, 0.25) is 0 Å². The molecule has 0 heterocycles. The molecule has 0 aromatic heterocycles. The lowest BCUT2D eigenvalue weighted by molar-refractivity contribution is -0.167. The molecule has 0 aliphatic carbocycles. The molecule has 440 valence electrons. The molecule has 0 bridgehead atoms. The van der Waals surface area contributed by atoms with Crippen molar-refractivity contribution < 1.29 is 28.6 Å². The monoisotopic (exact) mass is 1050 g/mol. The van der Waals surface area contributed by atoms with E-state index in [-0.39, 0.29) is 31.1 Å². The zero-order valence-electron chi connectivity index (χ0n) is 50.6. The SMILES string of the molecule is CCCCC/C=C\C/C=C\CCCCCCCC(=O)OC(COC(=O)CCCCCCCCCCCCC)COC(=O)CCCCCCCCCCCCCCCCCCCCC/C=C\CCCCCCCCCC. The Hall–Kier alpha value is -2.37. The van der Waals surface area contributed by atoms with Crippen molar-refractivity contribution in [2.45, 2.75) is 374 Å². The molecule has 0 saturated heterocycles. The number of hydrogen-bond donors (Lipinski definition) is 0. The maximum Gasteiger partial charge on any atom is 0.306 e. The zero-order chi connectivity index (χ0) is 54.3. The Morgan fingerprint density at radius 3 is 0.773 bits per heavy atom. The van der Waals surface area contributed by atoms with E-state index in [1.165, 1.54) is 244 Å². The van der Waals surface area contributed by atoms with Gasteiger partial charge in [-0.2, -0.15) is 0 Å². The minimum absolute atomic E-state index is 0.0729. The summed E-state index contributed by atoms with van der Waals surface area (Å²) in [6, 6.07) is 0. The van der Waals surface area contributed by atoms with Crippen molar-refractivity contribution in [2.24, 2.45) is 0 Å². The molecule has 6 nitrogen and oxygen atoms in total. The van der Waals surface area contributed by atoms with Gasteiger partial charge in [0.1, 0.15) is 13.2 Å². The Balaban J connectivity index is 4.09. The molecule has 0 spiro atoms. The van der Waals surface area contributed by atoms with E-state index >= 15 is 0 Å². The number of rotatable bonds is 62. The summed E-state index contributed by atoms with van der Waals surface area (Å²) in [6.45, 7) is 6.65. The first kappa shape index (κ1) is 72.6. The molecule has 0 fully saturated rings. The van der Waals surface area contributed by atoms with E-state index in [4.69, 9.17) is 14.2 Å². The summed E-state index contributed by atoms with van der Waals surface area (Å²) in [4.78, 5) is 38.2. The summed E-state index contributed by atoms with van der Waals surface area (Å²) < 4.78 is 16.9. The molecular formula is C69H128O6. The molecule has 6 heteroatoms. The van der Waals surface area contributed by atoms with Crippen molar-refractivity contribution in [1.29, 1.82) is 0 Å². The summed E-state index contributed by atoms with van der Waals surface area (Å²) in [7, 11) is 0. The summed E-state index contributed by atoms with van der Waals surface area (Å²) >= 11 is 0. The largest absolute Gasteiger partial charge is 0.462 e. The Labute approximate surface area is 467 Å². The maximum absolute atomic E-state index is 12.9. The second-order valence-corrected chi connectivity index (χ2v) is 22.7. The molecule has 0 aliphatic rings. The van der Waals surface area contributed by atoms with Gasteiger partial charge in [0.15, 0.2) is 6.10 Å². The van der Waals surface area contributed by atoms with Gasteiger partial charge in [0.25, 0.3) is 0 Å². The molecule has 0 aromatic rings. The minimum atomic E-state index is -0.775. The van der Waals surface area contributed by atoms with Crippen LogP contribution >= 0.6 is 0 Å². The van der Waals surface area contributed by atoms with Crippen molar-refractivity contribution >= 4 is 17.9 Å². The molecule has 0 saturated carbocycles. The molecule has 0 N–H and O–H groups in total. The molecule has 75 heavy (non-hydrogen) atoms. The normalized spacial score (nSPS) is 12.2. The van der Waals surface area contributed by atoms with Gasteiger partial charge in [-0.1, -0.05) is 308 Å². The topological polar surface area (TPSA) is 78.9 Å². The summed E-state index contributed by atoms with van der Waals surface area (Å²) in [5, 5.41) is 0. The first-order chi connectivity index (χ1) is 37.0. The Kier molecular flexibility index (Phi) is 62.1. The van der Waals surface area contributed by atoms with E-state index in [1.807, 2.05) is 0 Å². The number of unbranched alkanes of at least 4 members (excludes halogenated alkanes) is 45. The molecular weight excluding hydrogens is 925 g/mol. The first-order valence-electron chi connectivity index (χ1n) is 33.5.